The minimum Gasteiger partial charge on any atom is -0.405 e. The summed E-state index contributed by atoms with van der Waals surface area (Å²) in [5.41, 5.74) is 1.18. The van der Waals surface area contributed by atoms with Crippen LogP contribution >= 0.6 is 0 Å². The summed E-state index contributed by atoms with van der Waals surface area (Å²) in [6.07, 6.45) is 1.09. The zero-order valence-electron chi connectivity index (χ0n) is 22.5. The van der Waals surface area contributed by atoms with Crippen LogP contribution in [-0.4, -0.2) is 45.9 Å². The number of rotatable bonds is 9. The molecule has 3 aromatic carbocycles. The molecule has 0 aliphatic carbocycles. The molecule has 0 spiro atoms. The Morgan fingerprint density at radius 1 is 0.730 bits per heavy atom. The first-order valence-corrected chi connectivity index (χ1v) is 15.5. The normalized spacial score (nSPS) is 25.8. The van der Waals surface area contributed by atoms with E-state index < -0.39 is 8.32 Å². The Bertz CT molecular complexity index is 1080. The van der Waals surface area contributed by atoms with Gasteiger partial charge in [-0.05, 0) is 21.0 Å². The quantitative estimate of drug-likeness (QED) is 0.360. The van der Waals surface area contributed by atoms with Gasteiger partial charge >= 0.3 is 0 Å². The van der Waals surface area contributed by atoms with E-state index in [1.807, 2.05) is 18.2 Å². The Kier molecular flexibility index (Phi) is 7.98. The van der Waals surface area contributed by atoms with Gasteiger partial charge in [0.25, 0.3) is 8.32 Å². The number of fused-ring (bicyclic) bond motifs is 2. The maximum absolute atomic E-state index is 7.17. The lowest BCUT2D eigenvalue weighted by Gasteiger charge is -2.43. The highest BCUT2D eigenvalue weighted by Crippen LogP contribution is 2.40. The molecule has 37 heavy (non-hydrogen) atoms. The fourth-order valence-corrected chi connectivity index (χ4v) is 10.6. The van der Waals surface area contributed by atoms with Gasteiger partial charge in [0, 0.05) is 12.3 Å². The molecule has 0 saturated carbocycles. The van der Waals surface area contributed by atoms with Crippen LogP contribution in [0.2, 0.25) is 5.04 Å². The Hall–Kier alpha value is -2.28. The Balaban J connectivity index is 1.31. The van der Waals surface area contributed by atoms with E-state index in [4.69, 9.17) is 18.6 Å². The van der Waals surface area contributed by atoms with Gasteiger partial charge in [0.2, 0.25) is 0 Å². The van der Waals surface area contributed by atoms with Crippen LogP contribution in [0, 0.1) is 5.92 Å². The third kappa shape index (κ3) is 5.47. The highest BCUT2D eigenvalue weighted by molar-refractivity contribution is 6.99. The van der Waals surface area contributed by atoms with E-state index in [1.54, 1.807) is 0 Å². The van der Waals surface area contributed by atoms with Crippen LogP contribution in [-0.2, 0) is 25.2 Å². The van der Waals surface area contributed by atoms with Crippen LogP contribution in [0.1, 0.15) is 39.7 Å². The summed E-state index contributed by atoms with van der Waals surface area (Å²) < 4.78 is 26.4. The molecule has 0 radical (unpaired) electrons. The lowest BCUT2D eigenvalue weighted by Crippen LogP contribution is -2.67. The topological polar surface area (TPSA) is 36.9 Å². The van der Waals surface area contributed by atoms with Crippen LogP contribution in [0.5, 0.6) is 0 Å². The summed E-state index contributed by atoms with van der Waals surface area (Å²) in [4.78, 5) is 0. The summed E-state index contributed by atoms with van der Waals surface area (Å²) in [5.74, 6) is 0.282. The molecule has 0 amide bonds. The average Bonchev–Trinajstić information content (AvgIpc) is 3.26. The van der Waals surface area contributed by atoms with E-state index in [2.05, 4.69) is 100 Å². The lowest BCUT2D eigenvalue weighted by atomic mass is 9.92. The summed E-state index contributed by atoms with van der Waals surface area (Å²) in [5, 5.41) is 2.51. The maximum Gasteiger partial charge on any atom is 0.261 e. The summed E-state index contributed by atoms with van der Waals surface area (Å²) >= 11 is 0. The first kappa shape index (κ1) is 26.3. The minimum absolute atomic E-state index is 0.0322. The van der Waals surface area contributed by atoms with Gasteiger partial charge in [-0.2, -0.15) is 0 Å². The van der Waals surface area contributed by atoms with Gasteiger partial charge in [-0.25, -0.2) is 0 Å². The van der Waals surface area contributed by atoms with Gasteiger partial charge in [-0.3, -0.25) is 0 Å². The molecule has 2 bridgehead atoms. The molecule has 2 fully saturated rings. The zero-order valence-corrected chi connectivity index (χ0v) is 23.5. The molecular formula is C32H40O4Si. The molecule has 2 aliphatic heterocycles. The molecule has 0 unspecified atom stereocenters. The van der Waals surface area contributed by atoms with Crippen molar-refractivity contribution in [3.63, 3.8) is 0 Å². The van der Waals surface area contributed by atoms with Crippen LogP contribution in [0.3, 0.4) is 0 Å². The predicted molar refractivity (Wildman–Crippen MR) is 151 cm³/mol. The second-order valence-electron chi connectivity index (χ2n) is 11.5. The molecule has 2 heterocycles. The molecule has 5 rings (SSSR count). The monoisotopic (exact) mass is 516 g/mol. The number of ether oxygens (including phenoxy) is 3. The van der Waals surface area contributed by atoms with Crippen molar-refractivity contribution in [2.45, 2.75) is 70.2 Å². The second-order valence-corrected chi connectivity index (χ2v) is 15.8. The van der Waals surface area contributed by atoms with E-state index in [1.165, 1.54) is 15.9 Å². The SMILES string of the molecule is C[C@H]1[C@H](COCc2ccccc2)O[C@@H]2C[C@H]1O[C@@H]2CO[Si](c1ccccc1)(c1ccccc1)C(C)(C)C. The van der Waals surface area contributed by atoms with Crippen molar-refractivity contribution in [3.05, 3.63) is 96.6 Å². The molecule has 0 aromatic heterocycles. The maximum atomic E-state index is 7.17. The fourth-order valence-electron chi connectivity index (χ4n) is 5.99. The van der Waals surface area contributed by atoms with Crippen molar-refractivity contribution in [2.24, 2.45) is 5.92 Å². The van der Waals surface area contributed by atoms with E-state index in [0.717, 1.165) is 6.42 Å². The van der Waals surface area contributed by atoms with Crippen LogP contribution in [0.4, 0.5) is 0 Å². The molecular weight excluding hydrogens is 476 g/mol. The van der Waals surface area contributed by atoms with Gasteiger partial charge < -0.3 is 18.6 Å². The molecule has 2 saturated heterocycles. The summed E-state index contributed by atoms with van der Waals surface area (Å²) in [6, 6.07) is 31.9. The largest absolute Gasteiger partial charge is 0.405 e. The lowest BCUT2D eigenvalue weighted by molar-refractivity contribution is -0.107. The molecule has 196 valence electrons. The number of hydrogen-bond donors (Lipinski definition) is 0. The third-order valence-electron chi connectivity index (χ3n) is 8.03. The molecule has 3 aromatic rings. The third-order valence-corrected chi connectivity index (χ3v) is 13.0. The van der Waals surface area contributed by atoms with Crippen molar-refractivity contribution in [1.29, 1.82) is 0 Å². The van der Waals surface area contributed by atoms with E-state index in [9.17, 15) is 0 Å². The van der Waals surface area contributed by atoms with Gasteiger partial charge in [0.05, 0.1) is 38.1 Å². The average molecular weight is 517 g/mol. The van der Waals surface area contributed by atoms with E-state index in [0.29, 0.717) is 19.8 Å². The first-order valence-electron chi connectivity index (χ1n) is 13.6. The molecule has 0 N–H and O–H groups in total. The number of hydrogen-bond acceptors (Lipinski definition) is 4. The van der Waals surface area contributed by atoms with Crippen molar-refractivity contribution in [3.8, 4) is 0 Å². The van der Waals surface area contributed by atoms with E-state index >= 15 is 0 Å². The number of benzene rings is 3. The highest BCUT2D eigenvalue weighted by Gasteiger charge is 2.53. The smallest absolute Gasteiger partial charge is 0.261 e. The highest BCUT2D eigenvalue weighted by atomic mass is 28.4. The second kappa shape index (κ2) is 11.2. The van der Waals surface area contributed by atoms with Crippen molar-refractivity contribution in [1.82, 2.24) is 0 Å². The fraction of sp³-hybridized carbons (Fsp3) is 0.438. The molecule has 5 atom stereocenters. The first-order chi connectivity index (χ1) is 17.9. The van der Waals surface area contributed by atoms with Gasteiger partial charge in [0.1, 0.15) is 6.10 Å². The molecule has 2 aliphatic rings. The standard InChI is InChI=1S/C32H40O4Si/c1-24-28-20-29(36-30(24)22-33-21-25-14-8-5-9-15-25)31(35-28)23-34-37(32(2,3)4,26-16-10-6-11-17-26)27-18-12-7-13-19-27/h5-19,24,28-31H,20-23H2,1-4H3/t24-,28-,29-,30+,31-/m1/s1. The van der Waals surface area contributed by atoms with Gasteiger partial charge in [-0.15, -0.1) is 0 Å². The summed E-state index contributed by atoms with van der Waals surface area (Å²) in [6.45, 7) is 10.9. The van der Waals surface area contributed by atoms with Crippen LogP contribution in [0.15, 0.2) is 91.0 Å². The zero-order chi connectivity index (χ0) is 25.9. The Labute approximate surface area is 223 Å². The Morgan fingerprint density at radius 3 is 1.84 bits per heavy atom. The Morgan fingerprint density at radius 2 is 1.27 bits per heavy atom. The molecule has 4 nitrogen and oxygen atoms in total. The van der Waals surface area contributed by atoms with Crippen molar-refractivity contribution < 1.29 is 18.6 Å². The predicted octanol–water partition coefficient (Wildman–Crippen LogP) is 5.34. The minimum atomic E-state index is -2.61. The van der Waals surface area contributed by atoms with Gasteiger partial charge in [0.15, 0.2) is 0 Å². The van der Waals surface area contributed by atoms with E-state index in [-0.39, 0.29) is 35.4 Å². The van der Waals surface area contributed by atoms with Crippen LogP contribution < -0.4 is 10.4 Å². The summed E-state index contributed by atoms with van der Waals surface area (Å²) in [7, 11) is -2.61. The molecule has 5 heteroatoms. The van der Waals surface area contributed by atoms with Gasteiger partial charge in [-0.1, -0.05) is 119 Å². The van der Waals surface area contributed by atoms with Crippen molar-refractivity contribution >= 4 is 18.7 Å². The van der Waals surface area contributed by atoms with Crippen molar-refractivity contribution in [2.75, 3.05) is 13.2 Å². The van der Waals surface area contributed by atoms with Crippen LogP contribution in [0.25, 0.3) is 0 Å².